The number of nitrogens with zero attached hydrogens (tertiary/aromatic N) is 4. The predicted molar refractivity (Wildman–Crippen MR) is 86.1 cm³/mol. The van der Waals surface area contributed by atoms with E-state index in [9.17, 15) is 0 Å². The molecule has 22 heavy (non-hydrogen) atoms. The van der Waals surface area contributed by atoms with E-state index in [1.165, 1.54) is 0 Å². The fourth-order valence-electron chi connectivity index (χ4n) is 2.00. The number of rotatable bonds is 7. The molecule has 0 aliphatic rings. The maximum absolute atomic E-state index is 5.23. The Morgan fingerprint density at radius 3 is 2.41 bits per heavy atom. The molecule has 2 heterocycles. The van der Waals surface area contributed by atoms with Crippen molar-refractivity contribution in [3.63, 3.8) is 0 Å². The minimum atomic E-state index is 0.300. The van der Waals surface area contributed by atoms with Gasteiger partial charge >= 0.3 is 0 Å². The first-order valence-corrected chi connectivity index (χ1v) is 7.87. The van der Waals surface area contributed by atoms with E-state index >= 15 is 0 Å². The number of aromatic nitrogens is 4. The third kappa shape index (κ3) is 4.51. The molecule has 0 bridgehead atoms. The number of nitrogens with one attached hydrogen (secondary N) is 1. The SMILES string of the molecule is Cc1cc(NCCCc2nc(C(C)C)no2)nc(C(C)C)n1. The van der Waals surface area contributed by atoms with E-state index in [0.29, 0.717) is 17.7 Å². The molecule has 0 amide bonds. The van der Waals surface area contributed by atoms with Gasteiger partial charge in [-0.2, -0.15) is 4.98 Å². The fraction of sp³-hybridized carbons (Fsp3) is 0.625. The van der Waals surface area contributed by atoms with E-state index in [2.05, 4.69) is 53.1 Å². The van der Waals surface area contributed by atoms with E-state index in [-0.39, 0.29) is 0 Å². The Morgan fingerprint density at radius 1 is 1.05 bits per heavy atom. The molecule has 0 aliphatic heterocycles. The quantitative estimate of drug-likeness (QED) is 0.789. The lowest BCUT2D eigenvalue weighted by atomic mass is 10.2. The van der Waals surface area contributed by atoms with Crippen molar-refractivity contribution in [3.8, 4) is 0 Å². The average molecular weight is 303 g/mol. The fourth-order valence-corrected chi connectivity index (χ4v) is 2.00. The summed E-state index contributed by atoms with van der Waals surface area (Å²) >= 11 is 0. The second-order valence-electron chi connectivity index (χ2n) is 6.14. The minimum absolute atomic E-state index is 0.300. The highest BCUT2D eigenvalue weighted by Crippen LogP contribution is 2.14. The van der Waals surface area contributed by atoms with Crippen LogP contribution in [-0.2, 0) is 6.42 Å². The number of hydrogen-bond donors (Lipinski definition) is 1. The first-order valence-electron chi connectivity index (χ1n) is 7.87. The first-order chi connectivity index (χ1) is 10.5. The molecule has 6 nitrogen and oxygen atoms in total. The molecule has 0 atom stereocenters. The van der Waals surface area contributed by atoms with Gasteiger partial charge in [-0.05, 0) is 13.3 Å². The van der Waals surface area contributed by atoms with E-state index in [4.69, 9.17) is 4.52 Å². The van der Waals surface area contributed by atoms with Gasteiger partial charge in [-0.1, -0.05) is 32.9 Å². The Labute approximate surface area is 131 Å². The topological polar surface area (TPSA) is 76.7 Å². The van der Waals surface area contributed by atoms with Gasteiger partial charge in [-0.3, -0.25) is 0 Å². The van der Waals surface area contributed by atoms with Crippen LogP contribution in [0.2, 0.25) is 0 Å². The van der Waals surface area contributed by atoms with Crippen LogP contribution in [0.5, 0.6) is 0 Å². The summed E-state index contributed by atoms with van der Waals surface area (Å²) in [7, 11) is 0. The largest absolute Gasteiger partial charge is 0.370 e. The van der Waals surface area contributed by atoms with Crippen molar-refractivity contribution in [2.75, 3.05) is 11.9 Å². The Morgan fingerprint density at radius 2 is 1.77 bits per heavy atom. The van der Waals surface area contributed by atoms with Crippen LogP contribution >= 0.6 is 0 Å². The molecule has 0 unspecified atom stereocenters. The lowest BCUT2D eigenvalue weighted by molar-refractivity contribution is 0.369. The summed E-state index contributed by atoms with van der Waals surface area (Å²) in [4.78, 5) is 13.3. The molecule has 0 fully saturated rings. The molecule has 0 spiro atoms. The van der Waals surface area contributed by atoms with Crippen LogP contribution in [0.25, 0.3) is 0 Å². The van der Waals surface area contributed by atoms with E-state index < -0.39 is 0 Å². The molecule has 6 heteroatoms. The Bertz CT molecular complexity index is 606. The second-order valence-corrected chi connectivity index (χ2v) is 6.14. The molecule has 0 radical (unpaired) electrons. The van der Waals surface area contributed by atoms with Gasteiger partial charge in [0.15, 0.2) is 5.82 Å². The number of aryl methyl sites for hydroxylation is 2. The molecular weight excluding hydrogens is 278 g/mol. The third-order valence-corrected chi connectivity index (χ3v) is 3.26. The molecule has 120 valence electrons. The molecular formula is C16H25N5O. The Balaban J connectivity index is 1.83. The van der Waals surface area contributed by atoms with E-state index in [1.54, 1.807) is 0 Å². The van der Waals surface area contributed by atoms with Crippen molar-refractivity contribution < 1.29 is 4.52 Å². The van der Waals surface area contributed by atoms with Gasteiger partial charge in [0.1, 0.15) is 11.6 Å². The van der Waals surface area contributed by atoms with Crippen molar-refractivity contribution in [1.29, 1.82) is 0 Å². The van der Waals surface area contributed by atoms with Gasteiger partial charge in [-0.25, -0.2) is 9.97 Å². The maximum Gasteiger partial charge on any atom is 0.226 e. The van der Waals surface area contributed by atoms with Crippen LogP contribution in [0.1, 0.15) is 69.2 Å². The van der Waals surface area contributed by atoms with Gasteiger partial charge in [-0.15, -0.1) is 0 Å². The minimum Gasteiger partial charge on any atom is -0.370 e. The van der Waals surface area contributed by atoms with Gasteiger partial charge < -0.3 is 9.84 Å². The van der Waals surface area contributed by atoms with Crippen molar-refractivity contribution in [3.05, 3.63) is 29.3 Å². The zero-order valence-electron chi connectivity index (χ0n) is 14.1. The summed E-state index contributed by atoms with van der Waals surface area (Å²) in [6.07, 6.45) is 1.69. The van der Waals surface area contributed by atoms with Gasteiger partial charge in [0.2, 0.25) is 5.89 Å². The first kappa shape index (κ1) is 16.4. The summed E-state index contributed by atoms with van der Waals surface area (Å²) in [5.74, 6) is 3.86. The van der Waals surface area contributed by atoms with Crippen molar-refractivity contribution in [2.24, 2.45) is 0 Å². The molecule has 2 aromatic rings. The van der Waals surface area contributed by atoms with Crippen LogP contribution in [0.3, 0.4) is 0 Å². The maximum atomic E-state index is 5.23. The normalized spacial score (nSPS) is 11.4. The molecule has 2 rings (SSSR count). The molecule has 2 aromatic heterocycles. The monoisotopic (exact) mass is 303 g/mol. The zero-order valence-corrected chi connectivity index (χ0v) is 14.1. The second kappa shape index (κ2) is 7.33. The summed E-state index contributed by atoms with van der Waals surface area (Å²) in [6.45, 7) is 11.1. The van der Waals surface area contributed by atoms with Crippen LogP contribution in [0, 0.1) is 6.92 Å². The highest BCUT2D eigenvalue weighted by molar-refractivity contribution is 5.36. The van der Waals surface area contributed by atoms with E-state index in [0.717, 1.165) is 42.5 Å². The van der Waals surface area contributed by atoms with Crippen molar-refractivity contribution in [2.45, 2.75) is 59.3 Å². The van der Waals surface area contributed by atoms with Crippen molar-refractivity contribution >= 4 is 5.82 Å². The summed E-state index contributed by atoms with van der Waals surface area (Å²) in [5.41, 5.74) is 0.986. The molecule has 0 saturated carbocycles. The highest BCUT2D eigenvalue weighted by atomic mass is 16.5. The number of hydrogen-bond acceptors (Lipinski definition) is 6. The molecule has 0 aromatic carbocycles. The Kier molecular flexibility index (Phi) is 5.46. The van der Waals surface area contributed by atoms with Crippen molar-refractivity contribution in [1.82, 2.24) is 20.1 Å². The van der Waals surface area contributed by atoms with Crippen LogP contribution in [-0.4, -0.2) is 26.7 Å². The van der Waals surface area contributed by atoms with Gasteiger partial charge in [0.05, 0.1) is 0 Å². The zero-order chi connectivity index (χ0) is 16.1. The molecule has 0 saturated heterocycles. The molecule has 0 aliphatic carbocycles. The standard InChI is InChI=1S/C16H25N5O/c1-10(2)15-18-12(5)9-13(19-15)17-8-6-7-14-20-16(11(3)4)21-22-14/h9-11H,6-8H2,1-5H3,(H,17,18,19). The molecule has 1 N–H and O–H groups in total. The summed E-state index contributed by atoms with van der Waals surface area (Å²) < 4.78 is 5.23. The third-order valence-electron chi connectivity index (χ3n) is 3.26. The smallest absolute Gasteiger partial charge is 0.226 e. The lowest BCUT2D eigenvalue weighted by Gasteiger charge is -2.09. The van der Waals surface area contributed by atoms with Gasteiger partial charge in [0.25, 0.3) is 0 Å². The van der Waals surface area contributed by atoms with Gasteiger partial charge in [0, 0.05) is 36.6 Å². The summed E-state index contributed by atoms with van der Waals surface area (Å²) in [5, 5.41) is 7.31. The highest BCUT2D eigenvalue weighted by Gasteiger charge is 2.09. The average Bonchev–Trinajstić information content (AvgIpc) is 2.92. The van der Waals surface area contributed by atoms with E-state index in [1.807, 2.05) is 13.0 Å². The lowest BCUT2D eigenvalue weighted by Crippen LogP contribution is -2.08. The van der Waals surface area contributed by atoms with Crippen LogP contribution in [0.15, 0.2) is 10.6 Å². The number of anilines is 1. The summed E-state index contributed by atoms with van der Waals surface area (Å²) in [6, 6.07) is 1.97. The predicted octanol–water partition coefficient (Wildman–Crippen LogP) is 3.46. The van der Waals surface area contributed by atoms with Crippen LogP contribution in [0.4, 0.5) is 5.82 Å². The van der Waals surface area contributed by atoms with Crippen LogP contribution < -0.4 is 5.32 Å². The Hall–Kier alpha value is -1.98.